The molecule has 0 radical (unpaired) electrons. The average molecular weight is 596 g/mol. The fourth-order valence-corrected chi connectivity index (χ4v) is 6.00. The lowest BCUT2D eigenvalue weighted by molar-refractivity contribution is -0.152. The SMILES string of the molecule is C.CCCCCCCCCCCCCOC(=O)CCCC(CCCCCCCCCC)COC(=O)C1CCN(C)CC1. The highest BCUT2D eigenvalue weighted by Crippen LogP contribution is 2.22. The van der Waals surface area contributed by atoms with Crippen LogP contribution >= 0.6 is 0 Å². The van der Waals surface area contributed by atoms with Crippen molar-refractivity contribution in [1.29, 1.82) is 0 Å². The first-order valence-electron chi connectivity index (χ1n) is 18.1. The van der Waals surface area contributed by atoms with E-state index in [0.717, 1.165) is 58.0 Å². The van der Waals surface area contributed by atoms with Crippen LogP contribution < -0.4 is 0 Å². The molecule has 250 valence electrons. The zero-order valence-electron chi connectivity index (χ0n) is 27.7. The highest BCUT2D eigenvalue weighted by Gasteiger charge is 2.25. The molecule has 1 unspecified atom stereocenters. The fraction of sp³-hybridized carbons (Fsp3) is 0.946. The van der Waals surface area contributed by atoms with Gasteiger partial charge in [0.1, 0.15) is 0 Å². The minimum Gasteiger partial charge on any atom is -0.466 e. The van der Waals surface area contributed by atoms with Gasteiger partial charge in [-0.25, -0.2) is 0 Å². The van der Waals surface area contributed by atoms with Crippen LogP contribution in [0.25, 0.3) is 0 Å². The molecule has 0 saturated carbocycles. The number of unbranched alkanes of at least 4 members (excludes halogenated alkanes) is 17. The van der Waals surface area contributed by atoms with E-state index in [1.807, 2.05) is 0 Å². The van der Waals surface area contributed by atoms with Crippen LogP contribution in [0.1, 0.15) is 182 Å². The maximum absolute atomic E-state index is 12.7. The molecule has 0 bridgehead atoms. The first-order chi connectivity index (χ1) is 20.1. The van der Waals surface area contributed by atoms with E-state index in [1.165, 1.54) is 109 Å². The number of ether oxygens (including phenoxy) is 2. The zero-order chi connectivity index (χ0) is 29.8. The maximum Gasteiger partial charge on any atom is 0.309 e. The lowest BCUT2D eigenvalue weighted by Crippen LogP contribution is -2.34. The van der Waals surface area contributed by atoms with Crippen molar-refractivity contribution in [3.8, 4) is 0 Å². The Bertz CT molecular complexity index is 603. The summed E-state index contributed by atoms with van der Waals surface area (Å²) in [7, 11) is 2.12. The van der Waals surface area contributed by atoms with Gasteiger partial charge in [0.2, 0.25) is 0 Å². The Morgan fingerprint density at radius 2 is 1.10 bits per heavy atom. The fourth-order valence-electron chi connectivity index (χ4n) is 6.00. The van der Waals surface area contributed by atoms with Crippen molar-refractivity contribution in [2.75, 3.05) is 33.4 Å². The summed E-state index contributed by atoms with van der Waals surface area (Å²) in [4.78, 5) is 27.3. The number of esters is 2. The second-order valence-corrected chi connectivity index (χ2v) is 13.0. The van der Waals surface area contributed by atoms with Gasteiger partial charge in [0.15, 0.2) is 0 Å². The van der Waals surface area contributed by atoms with E-state index in [-0.39, 0.29) is 25.3 Å². The van der Waals surface area contributed by atoms with E-state index < -0.39 is 0 Å². The summed E-state index contributed by atoms with van der Waals surface area (Å²) in [5.74, 6) is 0.335. The first-order valence-corrected chi connectivity index (χ1v) is 18.1. The lowest BCUT2D eigenvalue weighted by Gasteiger charge is -2.28. The molecule has 1 aliphatic heterocycles. The molecular formula is C37H73NO4. The molecule has 1 atom stereocenters. The largest absolute Gasteiger partial charge is 0.466 e. The minimum absolute atomic E-state index is 0. The van der Waals surface area contributed by atoms with Crippen molar-refractivity contribution in [3.05, 3.63) is 0 Å². The summed E-state index contributed by atoms with van der Waals surface area (Å²) in [6, 6.07) is 0. The standard InChI is InChI=1S/C36H69NO4.CH4/c1-4-6-8-10-12-14-15-16-18-20-22-31-40-35(38)26-23-25-33(24-21-19-17-13-11-9-7-5-2)32-41-36(39)34-27-29-37(3)30-28-34;/h33-34H,4-32H2,1-3H3;1H4. The highest BCUT2D eigenvalue weighted by molar-refractivity contribution is 5.72. The average Bonchev–Trinajstić information content (AvgIpc) is 2.97. The Labute approximate surface area is 262 Å². The van der Waals surface area contributed by atoms with Crippen LogP contribution in [0.3, 0.4) is 0 Å². The quantitative estimate of drug-likeness (QED) is 0.0665. The van der Waals surface area contributed by atoms with Crippen molar-refractivity contribution in [2.45, 2.75) is 182 Å². The van der Waals surface area contributed by atoms with Crippen LogP contribution in [0.15, 0.2) is 0 Å². The van der Waals surface area contributed by atoms with Gasteiger partial charge in [-0.1, -0.05) is 137 Å². The monoisotopic (exact) mass is 596 g/mol. The van der Waals surface area contributed by atoms with Crippen molar-refractivity contribution in [1.82, 2.24) is 4.90 Å². The van der Waals surface area contributed by atoms with Crippen molar-refractivity contribution in [2.24, 2.45) is 11.8 Å². The summed E-state index contributed by atoms with van der Waals surface area (Å²) >= 11 is 0. The summed E-state index contributed by atoms with van der Waals surface area (Å²) in [5, 5.41) is 0. The molecule has 1 saturated heterocycles. The van der Waals surface area contributed by atoms with Crippen LogP contribution in [0.2, 0.25) is 0 Å². The molecule has 1 rings (SSSR count). The molecule has 0 aromatic heterocycles. The van der Waals surface area contributed by atoms with Crippen LogP contribution in [-0.4, -0.2) is 50.2 Å². The van der Waals surface area contributed by atoms with Crippen LogP contribution in [0.5, 0.6) is 0 Å². The van der Waals surface area contributed by atoms with Crippen LogP contribution in [0.4, 0.5) is 0 Å². The number of nitrogens with zero attached hydrogens (tertiary/aromatic N) is 1. The van der Waals surface area contributed by atoms with Crippen molar-refractivity contribution in [3.63, 3.8) is 0 Å². The van der Waals surface area contributed by atoms with Gasteiger partial charge in [0, 0.05) is 6.42 Å². The maximum atomic E-state index is 12.7. The Kier molecular flexibility index (Phi) is 29.2. The van der Waals surface area contributed by atoms with E-state index in [0.29, 0.717) is 25.6 Å². The molecule has 0 aliphatic carbocycles. The second-order valence-electron chi connectivity index (χ2n) is 13.0. The summed E-state index contributed by atoms with van der Waals surface area (Å²) in [6.45, 7) is 7.55. The van der Waals surface area contributed by atoms with Gasteiger partial charge < -0.3 is 14.4 Å². The minimum atomic E-state index is -0.0637. The number of piperidine rings is 1. The molecule has 1 heterocycles. The molecule has 5 nitrogen and oxygen atoms in total. The Morgan fingerprint density at radius 1 is 0.643 bits per heavy atom. The van der Waals surface area contributed by atoms with Gasteiger partial charge in [0.05, 0.1) is 19.1 Å². The Balaban J connectivity index is 0.0000168. The smallest absolute Gasteiger partial charge is 0.309 e. The van der Waals surface area contributed by atoms with Gasteiger partial charge in [-0.05, 0) is 64.6 Å². The third kappa shape index (κ3) is 24.4. The van der Waals surface area contributed by atoms with Crippen LogP contribution in [-0.2, 0) is 19.1 Å². The number of carbonyl (C=O) groups excluding carboxylic acids is 2. The molecule has 0 spiro atoms. The second kappa shape index (κ2) is 29.9. The normalized spacial score (nSPS) is 14.8. The topological polar surface area (TPSA) is 55.8 Å². The number of rotatable bonds is 28. The number of hydrogen-bond donors (Lipinski definition) is 0. The third-order valence-electron chi connectivity index (χ3n) is 8.98. The molecule has 1 aliphatic rings. The van der Waals surface area contributed by atoms with Gasteiger partial charge in [-0.2, -0.15) is 0 Å². The molecular weight excluding hydrogens is 522 g/mol. The van der Waals surface area contributed by atoms with E-state index in [4.69, 9.17) is 9.47 Å². The first kappa shape index (κ1) is 40.9. The van der Waals surface area contributed by atoms with E-state index in [1.54, 1.807) is 0 Å². The Hall–Kier alpha value is -1.10. The molecule has 42 heavy (non-hydrogen) atoms. The number of carbonyl (C=O) groups is 2. The van der Waals surface area contributed by atoms with E-state index >= 15 is 0 Å². The van der Waals surface area contributed by atoms with E-state index in [9.17, 15) is 9.59 Å². The summed E-state index contributed by atoms with van der Waals surface area (Å²) in [5.41, 5.74) is 0. The number of likely N-dealkylation sites (tertiary alicyclic amines) is 1. The number of hydrogen-bond acceptors (Lipinski definition) is 5. The predicted molar refractivity (Wildman–Crippen MR) is 180 cm³/mol. The van der Waals surface area contributed by atoms with Gasteiger partial charge >= 0.3 is 11.9 Å². The Morgan fingerprint density at radius 3 is 1.62 bits per heavy atom. The van der Waals surface area contributed by atoms with Gasteiger partial charge in [-0.3, -0.25) is 9.59 Å². The summed E-state index contributed by atoms with van der Waals surface area (Å²) < 4.78 is 11.4. The predicted octanol–water partition coefficient (Wildman–Crippen LogP) is 10.7. The van der Waals surface area contributed by atoms with Crippen molar-refractivity contribution >= 4 is 11.9 Å². The van der Waals surface area contributed by atoms with E-state index in [2.05, 4.69) is 25.8 Å². The molecule has 0 amide bonds. The lowest BCUT2D eigenvalue weighted by atomic mass is 9.95. The highest BCUT2D eigenvalue weighted by atomic mass is 16.5. The zero-order valence-corrected chi connectivity index (χ0v) is 27.7. The molecule has 0 aromatic carbocycles. The molecule has 0 N–H and O–H groups in total. The molecule has 0 aromatic rings. The van der Waals surface area contributed by atoms with Gasteiger partial charge in [0.25, 0.3) is 0 Å². The van der Waals surface area contributed by atoms with Crippen molar-refractivity contribution < 1.29 is 19.1 Å². The molecule has 5 heteroatoms. The van der Waals surface area contributed by atoms with Gasteiger partial charge in [-0.15, -0.1) is 0 Å². The summed E-state index contributed by atoms with van der Waals surface area (Å²) in [6.07, 6.45) is 29.9. The van der Waals surface area contributed by atoms with Crippen LogP contribution in [0, 0.1) is 11.8 Å². The molecule has 1 fully saturated rings. The third-order valence-corrected chi connectivity index (χ3v) is 8.98.